The number of rotatable bonds is 11. The van der Waals surface area contributed by atoms with E-state index in [1.165, 1.54) is 21.3 Å². The molecule has 0 heterocycles. The van der Waals surface area contributed by atoms with Gasteiger partial charge in [0, 0.05) is 11.1 Å². The van der Waals surface area contributed by atoms with Crippen LogP contribution in [0.5, 0.6) is 23.0 Å². The van der Waals surface area contributed by atoms with Crippen molar-refractivity contribution >= 4 is 12.0 Å². The first kappa shape index (κ1) is 22.7. The molecule has 1 aromatic carbocycles. The first-order valence-corrected chi connectivity index (χ1v) is 9.29. The zero-order chi connectivity index (χ0) is 20.4. The summed E-state index contributed by atoms with van der Waals surface area (Å²) in [4.78, 5) is 11.3. The quantitative estimate of drug-likeness (QED) is 0.332. The predicted molar refractivity (Wildman–Crippen MR) is 106 cm³/mol. The second-order valence-corrected chi connectivity index (χ2v) is 6.62. The summed E-state index contributed by atoms with van der Waals surface area (Å²) in [6.45, 7) is 3.61. The van der Waals surface area contributed by atoms with E-state index < -0.39 is 0 Å². The summed E-state index contributed by atoms with van der Waals surface area (Å²) in [5, 5.41) is 20.6. The number of benzene rings is 1. The second kappa shape index (κ2) is 11.4. The normalized spacial score (nSPS) is 12.2. The summed E-state index contributed by atoms with van der Waals surface area (Å²) in [6, 6.07) is 0. The summed E-state index contributed by atoms with van der Waals surface area (Å²) in [5.41, 5.74) is 1.07. The Hall–Kier alpha value is -2.37. The van der Waals surface area contributed by atoms with Gasteiger partial charge in [0.05, 0.1) is 27.2 Å². The minimum Gasteiger partial charge on any atom is -0.504 e. The van der Waals surface area contributed by atoms with Gasteiger partial charge in [0.1, 0.15) is 0 Å². The lowest BCUT2D eigenvalue weighted by Gasteiger charge is -2.16. The number of hydrogen-bond acceptors (Lipinski definition) is 6. The third-order valence-electron chi connectivity index (χ3n) is 4.70. The fraction of sp³-hybridized carbons (Fsp3) is 0.571. The van der Waals surface area contributed by atoms with Gasteiger partial charge >= 0.3 is 5.97 Å². The van der Waals surface area contributed by atoms with Crippen molar-refractivity contribution in [2.75, 3.05) is 21.3 Å². The molecule has 152 valence electrons. The molecule has 2 N–H and O–H groups in total. The fourth-order valence-electron chi connectivity index (χ4n) is 2.98. The largest absolute Gasteiger partial charge is 0.504 e. The molecule has 0 aliphatic heterocycles. The molecule has 6 heteroatoms. The molecule has 6 nitrogen and oxygen atoms in total. The topological polar surface area (TPSA) is 85.2 Å². The van der Waals surface area contributed by atoms with Crippen molar-refractivity contribution in [3.8, 4) is 23.0 Å². The van der Waals surface area contributed by atoms with E-state index in [4.69, 9.17) is 14.2 Å². The number of esters is 1. The van der Waals surface area contributed by atoms with Crippen LogP contribution in [0.15, 0.2) is 6.08 Å². The highest BCUT2D eigenvalue weighted by atomic mass is 16.5. The minimum atomic E-state index is -0.147. The zero-order valence-electron chi connectivity index (χ0n) is 17.0. The number of aromatic hydroxyl groups is 2. The molecule has 0 radical (unpaired) electrons. The van der Waals surface area contributed by atoms with Crippen molar-refractivity contribution in [2.45, 2.75) is 52.4 Å². The van der Waals surface area contributed by atoms with Crippen molar-refractivity contribution in [1.29, 1.82) is 0 Å². The molecule has 0 aliphatic carbocycles. The molecule has 1 rings (SSSR count). The Bertz CT molecular complexity index is 651. The molecule has 0 aliphatic rings. The highest BCUT2D eigenvalue weighted by molar-refractivity contribution is 5.74. The van der Waals surface area contributed by atoms with Crippen LogP contribution < -0.4 is 9.47 Å². The second-order valence-electron chi connectivity index (χ2n) is 6.62. The number of unbranched alkanes of at least 4 members (excludes halogenated alkanes) is 4. The van der Waals surface area contributed by atoms with Gasteiger partial charge in [-0.2, -0.15) is 0 Å². The smallest absolute Gasteiger partial charge is 0.308 e. The van der Waals surface area contributed by atoms with E-state index in [1.54, 1.807) is 13.0 Å². The van der Waals surface area contributed by atoms with Gasteiger partial charge in [-0.05, 0) is 26.2 Å². The molecule has 0 saturated carbocycles. The van der Waals surface area contributed by atoms with Crippen molar-refractivity contribution in [1.82, 2.24) is 0 Å². The Balaban J connectivity index is 2.52. The summed E-state index contributed by atoms with van der Waals surface area (Å²) in [6.07, 6.45) is 9.64. The molecule has 0 fully saturated rings. The summed E-state index contributed by atoms with van der Waals surface area (Å²) in [7, 11) is 4.25. The average Bonchev–Trinajstić information content (AvgIpc) is 2.67. The van der Waals surface area contributed by atoms with Crippen molar-refractivity contribution < 1.29 is 29.2 Å². The van der Waals surface area contributed by atoms with Crippen LogP contribution in [0.25, 0.3) is 6.08 Å². The van der Waals surface area contributed by atoms with Gasteiger partial charge in [-0.3, -0.25) is 4.79 Å². The highest BCUT2D eigenvalue weighted by Gasteiger charge is 2.21. The summed E-state index contributed by atoms with van der Waals surface area (Å²) >= 11 is 0. The van der Waals surface area contributed by atoms with E-state index in [0.717, 1.165) is 38.5 Å². The van der Waals surface area contributed by atoms with Crippen LogP contribution in [-0.2, 0) is 9.53 Å². The maximum atomic E-state index is 11.3. The number of carbonyl (C=O) groups excluding carboxylic acids is 1. The van der Waals surface area contributed by atoms with Crippen molar-refractivity contribution in [3.63, 3.8) is 0 Å². The van der Waals surface area contributed by atoms with Crippen molar-refractivity contribution in [2.24, 2.45) is 5.92 Å². The molecular formula is C21H32O6. The van der Waals surface area contributed by atoms with Gasteiger partial charge in [0.15, 0.2) is 11.5 Å². The Labute approximate surface area is 161 Å². The molecule has 1 aromatic rings. The van der Waals surface area contributed by atoms with Gasteiger partial charge < -0.3 is 24.4 Å². The van der Waals surface area contributed by atoms with Crippen LogP contribution in [0.1, 0.15) is 56.6 Å². The number of hydrogen-bond donors (Lipinski definition) is 2. The van der Waals surface area contributed by atoms with E-state index >= 15 is 0 Å². The van der Waals surface area contributed by atoms with Gasteiger partial charge in [-0.25, -0.2) is 0 Å². The minimum absolute atomic E-state index is 0.0356. The van der Waals surface area contributed by atoms with Crippen LogP contribution in [-0.4, -0.2) is 37.5 Å². The number of carbonyl (C=O) groups is 1. The molecule has 0 bridgehead atoms. The monoisotopic (exact) mass is 380 g/mol. The molecule has 1 unspecified atom stereocenters. The number of phenols is 2. The van der Waals surface area contributed by atoms with E-state index in [1.807, 2.05) is 13.0 Å². The molecule has 0 amide bonds. The molecule has 0 aromatic heterocycles. The first-order valence-electron chi connectivity index (χ1n) is 9.29. The lowest BCUT2D eigenvalue weighted by Crippen LogP contribution is -2.12. The number of ether oxygens (including phenoxy) is 3. The van der Waals surface area contributed by atoms with Gasteiger partial charge in [0.25, 0.3) is 0 Å². The molecule has 27 heavy (non-hydrogen) atoms. The Morgan fingerprint density at radius 1 is 1.00 bits per heavy atom. The SMILES string of the molecule is COC(=O)C(C)CCCCCC/C=C/c1c(C)c(O)c(OC)c(OC)c1O. The van der Waals surface area contributed by atoms with E-state index in [0.29, 0.717) is 11.1 Å². The third-order valence-corrected chi connectivity index (χ3v) is 4.70. The third kappa shape index (κ3) is 6.08. The van der Waals surface area contributed by atoms with E-state index in [9.17, 15) is 15.0 Å². The van der Waals surface area contributed by atoms with Crippen LogP contribution in [0.4, 0.5) is 0 Å². The lowest BCUT2D eigenvalue weighted by atomic mass is 10.0. The molecule has 1 atom stereocenters. The van der Waals surface area contributed by atoms with Crippen LogP contribution in [0, 0.1) is 12.8 Å². The molecular weight excluding hydrogens is 348 g/mol. The van der Waals surface area contributed by atoms with Gasteiger partial charge in [-0.1, -0.05) is 38.3 Å². The summed E-state index contributed by atoms with van der Waals surface area (Å²) < 4.78 is 15.0. The van der Waals surface area contributed by atoms with Crippen LogP contribution in [0.3, 0.4) is 0 Å². The Kier molecular flexibility index (Phi) is 9.54. The zero-order valence-corrected chi connectivity index (χ0v) is 17.0. The fourth-order valence-corrected chi connectivity index (χ4v) is 2.98. The van der Waals surface area contributed by atoms with Crippen LogP contribution in [0.2, 0.25) is 0 Å². The highest BCUT2D eigenvalue weighted by Crippen LogP contribution is 2.48. The maximum Gasteiger partial charge on any atom is 0.308 e. The maximum absolute atomic E-state index is 11.3. The van der Waals surface area contributed by atoms with E-state index in [-0.39, 0.29) is 34.9 Å². The average molecular weight is 380 g/mol. The summed E-state index contributed by atoms with van der Waals surface area (Å²) in [5.74, 6) is -0.0140. The van der Waals surface area contributed by atoms with E-state index in [2.05, 4.69) is 0 Å². The van der Waals surface area contributed by atoms with Crippen LogP contribution >= 0.6 is 0 Å². The Morgan fingerprint density at radius 2 is 1.59 bits per heavy atom. The number of methoxy groups -OCH3 is 3. The molecule has 0 saturated heterocycles. The lowest BCUT2D eigenvalue weighted by molar-refractivity contribution is -0.145. The standard InChI is InChI=1S/C21H32O6/c1-14(21(24)27-5)12-10-8-6-7-9-11-13-16-15(2)17(22)19(25-3)20(26-4)18(16)23/h11,13-14,22-23H,6-10,12H2,1-5H3/b13-11+. The van der Waals surface area contributed by atoms with Gasteiger partial charge in [0.2, 0.25) is 11.5 Å². The first-order chi connectivity index (χ1) is 12.9. The predicted octanol–water partition coefficient (Wildman–Crippen LogP) is 4.59. The number of allylic oxidation sites excluding steroid dienone is 1. The van der Waals surface area contributed by atoms with Crippen molar-refractivity contribution in [3.05, 3.63) is 17.2 Å². The van der Waals surface area contributed by atoms with Gasteiger partial charge in [-0.15, -0.1) is 0 Å². The molecule has 0 spiro atoms. The number of phenolic OH excluding ortho intramolecular Hbond substituents is 2. The Morgan fingerprint density at radius 3 is 2.19 bits per heavy atom.